The number of halogens is 1. The van der Waals surface area contributed by atoms with Crippen LogP contribution in [0.1, 0.15) is 21.5 Å². The summed E-state index contributed by atoms with van der Waals surface area (Å²) in [6.07, 6.45) is 4.99. The van der Waals surface area contributed by atoms with Crippen LogP contribution in [0.15, 0.2) is 73.6 Å². The molecule has 2 aromatic heterocycles. The van der Waals surface area contributed by atoms with Gasteiger partial charge in [-0.2, -0.15) is 0 Å². The third-order valence-corrected chi connectivity index (χ3v) is 5.44. The summed E-state index contributed by atoms with van der Waals surface area (Å²) in [6, 6.07) is 16.7. The molecule has 2 heterocycles. The van der Waals surface area contributed by atoms with Gasteiger partial charge in [-0.3, -0.25) is 15.1 Å². The number of hydrogen-bond donors (Lipinski definition) is 1. The highest BCUT2D eigenvalue weighted by Gasteiger charge is 2.17. The second-order valence-electron chi connectivity index (χ2n) is 6.46. The van der Waals surface area contributed by atoms with Crippen molar-refractivity contribution in [1.29, 1.82) is 0 Å². The van der Waals surface area contributed by atoms with Crippen LogP contribution in [0, 0.1) is 0 Å². The van der Waals surface area contributed by atoms with Crippen molar-refractivity contribution in [3.63, 3.8) is 0 Å². The van der Waals surface area contributed by atoms with Crippen LogP contribution in [0.2, 0.25) is 5.02 Å². The molecule has 0 fully saturated rings. The Morgan fingerprint density at radius 3 is 2.71 bits per heavy atom. The summed E-state index contributed by atoms with van der Waals surface area (Å²) >= 11 is 7.04. The number of pyridine rings is 1. The predicted molar refractivity (Wildman–Crippen MR) is 123 cm³/mol. The molecular weight excluding hydrogens is 432 g/mol. The van der Waals surface area contributed by atoms with E-state index in [4.69, 9.17) is 16.3 Å². The second kappa shape index (κ2) is 9.51. The SMILES string of the molecule is C=Cc1ccccc1-c1cnccc1C(=O)Nc1nnc(OCc2ccc(Cl)cc2)s1. The zero-order chi connectivity index (χ0) is 21.6. The van der Waals surface area contributed by atoms with Crippen LogP contribution < -0.4 is 10.1 Å². The van der Waals surface area contributed by atoms with E-state index >= 15 is 0 Å². The minimum atomic E-state index is -0.309. The van der Waals surface area contributed by atoms with Gasteiger partial charge in [0.15, 0.2) is 0 Å². The molecule has 0 aliphatic carbocycles. The molecule has 0 aliphatic rings. The van der Waals surface area contributed by atoms with E-state index < -0.39 is 0 Å². The topological polar surface area (TPSA) is 77.0 Å². The largest absolute Gasteiger partial charge is 0.464 e. The lowest BCUT2D eigenvalue weighted by molar-refractivity contribution is 0.102. The van der Waals surface area contributed by atoms with Gasteiger partial charge in [-0.1, -0.05) is 65.8 Å². The molecule has 4 rings (SSSR count). The van der Waals surface area contributed by atoms with E-state index in [1.807, 2.05) is 36.4 Å². The van der Waals surface area contributed by atoms with Crippen molar-refractivity contribution >= 4 is 40.1 Å². The van der Waals surface area contributed by atoms with Crippen LogP contribution >= 0.6 is 22.9 Å². The number of carbonyl (C=O) groups is 1. The highest BCUT2D eigenvalue weighted by molar-refractivity contribution is 7.17. The van der Waals surface area contributed by atoms with E-state index in [0.717, 1.165) is 28.0 Å². The minimum Gasteiger partial charge on any atom is -0.464 e. The highest BCUT2D eigenvalue weighted by atomic mass is 35.5. The van der Waals surface area contributed by atoms with Gasteiger partial charge in [-0.05, 0) is 46.2 Å². The molecule has 0 aliphatic heterocycles. The number of hydrogen-bond acceptors (Lipinski definition) is 6. The van der Waals surface area contributed by atoms with Gasteiger partial charge in [0.2, 0.25) is 5.13 Å². The minimum absolute atomic E-state index is 0.309. The molecule has 0 unspecified atom stereocenters. The Balaban J connectivity index is 1.48. The predicted octanol–water partition coefficient (Wildman–Crippen LogP) is 5.73. The number of benzene rings is 2. The van der Waals surface area contributed by atoms with E-state index in [1.165, 1.54) is 0 Å². The molecule has 31 heavy (non-hydrogen) atoms. The molecule has 0 saturated carbocycles. The van der Waals surface area contributed by atoms with Gasteiger partial charge in [0, 0.05) is 23.0 Å². The molecule has 4 aromatic rings. The summed E-state index contributed by atoms with van der Waals surface area (Å²) < 4.78 is 5.65. The number of ether oxygens (including phenoxy) is 1. The third-order valence-electron chi connectivity index (χ3n) is 4.44. The van der Waals surface area contributed by atoms with Gasteiger partial charge < -0.3 is 4.74 Å². The zero-order valence-electron chi connectivity index (χ0n) is 16.3. The van der Waals surface area contributed by atoms with Crippen molar-refractivity contribution in [2.45, 2.75) is 6.61 Å². The summed E-state index contributed by atoms with van der Waals surface area (Å²) in [5.41, 5.74) is 3.92. The lowest BCUT2D eigenvalue weighted by atomic mass is 9.97. The first kappa shape index (κ1) is 20.7. The maximum atomic E-state index is 12.9. The zero-order valence-corrected chi connectivity index (χ0v) is 17.9. The molecule has 0 radical (unpaired) electrons. The molecule has 8 heteroatoms. The summed E-state index contributed by atoms with van der Waals surface area (Å²) in [5, 5.41) is 12.1. The van der Waals surface area contributed by atoms with E-state index in [9.17, 15) is 4.79 Å². The van der Waals surface area contributed by atoms with Crippen molar-refractivity contribution in [3.8, 4) is 16.3 Å². The molecule has 154 valence electrons. The lowest BCUT2D eigenvalue weighted by Gasteiger charge is -2.10. The van der Waals surface area contributed by atoms with Gasteiger partial charge in [0.1, 0.15) is 6.61 Å². The molecule has 6 nitrogen and oxygen atoms in total. The summed E-state index contributed by atoms with van der Waals surface area (Å²) in [7, 11) is 0. The molecule has 1 amide bonds. The van der Waals surface area contributed by atoms with Gasteiger partial charge in [0.25, 0.3) is 11.1 Å². The van der Waals surface area contributed by atoms with E-state index in [-0.39, 0.29) is 5.91 Å². The van der Waals surface area contributed by atoms with Gasteiger partial charge in [-0.25, -0.2) is 0 Å². The molecule has 0 bridgehead atoms. The summed E-state index contributed by atoms with van der Waals surface area (Å²) in [5.74, 6) is -0.309. The number of nitrogens with zero attached hydrogens (tertiary/aromatic N) is 3. The standard InChI is InChI=1S/C23H17ClN4O2S/c1-2-16-5-3-4-6-18(16)20-13-25-12-11-19(20)21(29)26-22-27-28-23(31-22)30-14-15-7-9-17(24)10-8-15/h2-13H,1,14H2,(H,26,27,29). The maximum Gasteiger partial charge on any atom is 0.296 e. The normalized spacial score (nSPS) is 10.5. The van der Waals surface area contributed by atoms with Crippen LogP contribution in [0.25, 0.3) is 17.2 Å². The number of amides is 1. The van der Waals surface area contributed by atoms with Crippen LogP contribution in [0.4, 0.5) is 5.13 Å². The Bertz CT molecular complexity index is 1220. The number of anilines is 1. The Labute approximate surface area is 188 Å². The lowest BCUT2D eigenvalue weighted by Crippen LogP contribution is -2.13. The number of rotatable bonds is 7. The van der Waals surface area contributed by atoms with Crippen molar-refractivity contribution in [2.75, 3.05) is 5.32 Å². The van der Waals surface area contributed by atoms with Crippen LogP contribution in [0.5, 0.6) is 5.19 Å². The molecule has 0 saturated heterocycles. The van der Waals surface area contributed by atoms with Crippen molar-refractivity contribution in [3.05, 3.63) is 95.3 Å². The average Bonchev–Trinajstić information content (AvgIpc) is 3.26. The number of aromatic nitrogens is 3. The number of nitrogens with one attached hydrogen (secondary N) is 1. The molecular formula is C23H17ClN4O2S. The Kier molecular flexibility index (Phi) is 6.35. The van der Waals surface area contributed by atoms with Crippen LogP contribution in [-0.4, -0.2) is 21.1 Å². The second-order valence-corrected chi connectivity index (χ2v) is 7.83. The first-order valence-electron chi connectivity index (χ1n) is 9.32. The monoisotopic (exact) mass is 448 g/mol. The van der Waals surface area contributed by atoms with Crippen molar-refractivity contribution in [2.24, 2.45) is 0 Å². The van der Waals surface area contributed by atoms with Crippen LogP contribution in [0.3, 0.4) is 0 Å². The average molecular weight is 449 g/mol. The van der Waals surface area contributed by atoms with Gasteiger partial charge >= 0.3 is 0 Å². The Morgan fingerprint density at radius 1 is 1.10 bits per heavy atom. The van der Waals surface area contributed by atoms with Crippen molar-refractivity contribution < 1.29 is 9.53 Å². The Morgan fingerprint density at radius 2 is 1.90 bits per heavy atom. The van der Waals surface area contributed by atoms with Crippen molar-refractivity contribution in [1.82, 2.24) is 15.2 Å². The quantitative estimate of drug-likeness (QED) is 0.390. The summed E-state index contributed by atoms with van der Waals surface area (Å²) in [6.45, 7) is 4.17. The third kappa shape index (κ3) is 4.96. The smallest absolute Gasteiger partial charge is 0.296 e. The van der Waals surface area contributed by atoms with Gasteiger partial charge in [0.05, 0.1) is 5.56 Å². The molecule has 0 atom stereocenters. The molecule has 1 N–H and O–H groups in total. The van der Waals surface area contributed by atoms with E-state index in [1.54, 1.807) is 36.7 Å². The van der Waals surface area contributed by atoms with Gasteiger partial charge in [-0.15, -0.1) is 5.10 Å². The fourth-order valence-electron chi connectivity index (χ4n) is 2.94. The molecule has 0 spiro atoms. The highest BCUT2D eigenvalue weighted by Crippen LogP contribution is 2.29. The number of carbonyl (C=O) groups excluding carboxylic acids is 1. The Hall–Kier alpha value is -3.55. The fraction of sp³-hybridized carbons (Fsp3) is 0.0435. The fourth-order valence-corrected chi connectivity index (χ4v) is 3.65. The maximum absolute atomic E-state index is 12.9. The first-order valence-corrected chi connectivity index (χ1v) is 10.5. The van der Waals surface area contributed by atoms with Crippen LogP contribution in [-0.2, 0) is 6.61 Å². The molecule has 2 aromatic carbocycles. The van der Waals surface area contributed by atoms with E-state index in [0.29, 0.717) is 33.1 Å². The summed E-state index contributed by atoms with van der Waals surface area (Å²) in [4.78, 5) is 17.1. The first-order chi connectivity index (χ1) is 15.1. The van der Waals surface area contributed by atoms with E-state index in [2.05, 4.69) is 27.1 Å².